The number of hydrogen-bond donors (Lipinski definition) is 0. The summed E-state index contributed by atoms with van der Waals surface area (Å²) in [5.74, 6) is -12.3. The smallest absolute Gasteiger partial charge is 0.382 e. The highest BCUT2D eigenvalue weighted by molar-refractivity contribution is 5.85. The summed E-state index contributed by atoms with van der Waals surface area (Å²) in [6.07, 6.45) is 0.392. The van der Waals surface area contributed by atoms with Gasteiger partial charge in [0.25, 0.3) is 5.54 Å². The van der Waals surface area contributed by atoms with Crippen molar-refractivity contribution in [3.8, 4) is 0 Å². The van der Waals surface area contributed by atoms with Crippen LogP contribution in [0, 0.1) is 0 Å². The lowest BCUT2D eigenvalue weighted by Crippen LogP contribution is -2.64. The first-order valence-electron chi connectivity index (χ1n) is 6.30. The van der Waals surface area contributed by atoms with Crippen molar-refractivity contribution >= 4 is 11.9 Å². The summed E-state index contributed by atoms with van der Waals surface area (Å²) in [5.41, 5.74) is -3.55. The van der Waals surface area contributed by atoms with Gasteiger partial charge in [0, 0.05) is 6.92 Å². The number of likely N-dealkylation sites (N-methyl/N-ethyl adjacent to an activating group) is 1. The second-order valence-electron chi connectivity index (χ2n) is 5.60. The molecule has 1 rings (SSSR count). The molecule has 5 nitrogen and oxygen atoms in total. The molecule has 122 valence electrons. The molecule has 0 aromatic heterocycles. The number of quaternary nitrogens is 1. The van der Waals surface area contributed by atoms with Crippen LogP contribution in [0.4, 0.5) is 17.6 Å². The van der Waals surface area contributed by atoms with Crippen LogP contribution in [0.3, 0.4) is 0 Å². The summed E-state index contributed by atoms with van der Waals surface area (Å²) >= 11 is 0. The number of unbranched alkanes of at least 4 members (excludes halogenated alkanes) is 1. The number of carbonyl (C=O) groups excluding carboxylic acids is 2. The van der Waals surface area contributed by atoms with E-state index in [2.05, 4.69) is 4.74 Å². The molecule has 1 saturated carbocycles. The monoisotopic (exact) mass is 315 g/mol. The standard InChI is InChI=1S/C12H17F4NO4/c1-8(18)21-7-5-4-6-17(2,3)10(9(19)20)11(13,14)12(10,15)16/h4-7H2,1-3H3. The van der Waals surface area contributed by atoms with Crippen LogP contribution in [0.1, 0.15) is 19.8 Å². The van der Waals surface area contributed by atoms with Gasteiger partial charge >= 0.3 is 17.8 Å². The molecule has 0 N–H and O–H groups in total. The van der Waals surface area contributed by atoms with Crippen molar-refractivity contribution in [1.82, 2.24) is 0 Å². The largest absolute Gasteiger partial charge is 0.543 e. The van der Waals surface area contributed by atoms with Crippen molar-refractivity contribution in [1.29, 1.82) is 0 Å². The van der Waals surface area contributed by atoms with Gasteiger partial charge in [-0.1, -0.05) is 0 Å². The van der Waals surface area contributed by atoms with Gasteiger partial charge in [-0.2, -0.15) is 17.6 Å². The fourth-order valence-corrected chi connectivity index (χ4v) is 2.66. The maximum Gasteiger partial charge on any atom is 0.382 e. The normalized spacial score (nSPS) is 21.7. The Morgan fingerprint density at radius 1 is 1.10 bits per heavy atom. The Kier molecular flexibility index (Phi) is 4.30. The van der Waals surface area contributed by atoms with Crippen molar-refractivity contribution in [2.75, 3.05) is 27.2 Å². The molecule has 21 heavy (non-hydrogen) atoms. The highest BCUT2D eigenvalue weighted by Gasteiger charge is 3.05. The van der Waals surface area contributed by atoms with Crippen LogP contribution >= 0.6 is 0 Å². The van der Waals surface area contributed by atoms with Gasteiger partial charge in [-0.3, -0.25) is 4.79 Å². The number of rotatable bonds is 7. The molecule has 0 amide bonds. The topological polar surface area (TPSA) is 66.4 Å². The molecule has 1 aliphatic carbocycles. The summed E-state index contributed by atoms with van der Waals surface area (Å²) in [6.45, 7) is 0.956. The number of alkyl halides is 4. The second-order valence-corrected chi connectivity index (χ2v) is 5.60. The van der Waals surface area contributed by atoms with E-state index in [1.54, 1.807) is 0 Å². The van der Waals surface area contributed by atoms with E-state index in [-0.39, 0.29) is 26.0 Å². The number of carbonyl (C=O) groups is 2. The van der Waals surface area contributed by atoms with Crippen molar-refractivity contribution in [2.24, 2.45) is 0 Å². The van der Waals surface area contributed by atoms with Gasteiger partial charge in [0.15, 0.2) is 0 Å². The summed E-state index contributed by atoms with van der Waals surface area (Å²) in [6, 6.07) is 0. The maximum absolute atomic E-state index is 13.4. The maximum atomic E-state index is 13.4. The molecule has 9 heteroatoms. The van der Waals surface area contributed by atoms with Crippen LogP contribution in [-0.2, 0) is 14.3 Å². The van der Waals surface area contributed by atoms with Gasteiger partial charge in [0.1, 0.15) is 5.97 Å². The SMILES string of the molecule is CC(=O)OCCCC[N+](C)(C)C1(C(=O)[O-])C(F)(F)C1(F)F. The molecule has 0 saturated heterocycles. The molecule has 0 aliphatic heterocycles. The number of halogens is 4. The number of esters is 1. The third-order valence-corrected chi connectivity index (χ3v) is 3.86. The van der Waals surface area contributed by atoms with Crippen LogP contribution in [0.25, 0.3) is 0 Å². The number of hydrogen-bond acceptors (Lipinski definition) is 4. The van der Waals surface area contributed by atoms with Crippen molar-refractivity contribution < 1.29 is 41.5 Å². The fraction of sp³-hybridized carbons (Fsp3) is 0.833. The van der Waals surface area contributed by atoms with E-state index in [0.717, 1.165) is 14.1 Å². The quantitative estimate of drug-likeness (QED) is 0.291. The molecule has 0 radical (unpaired) electrons. The first-order chi connectivity index (χ1) is 9.36. The Labute approximate surface area is 119 Å². The number of aliphatic carboxylic acids is 1. The lowest BCUT2D eigenvalue weighted by Gasteiger charge is -2.38. The fourth-order valence-electron chi connectivity index (χ4n) is 2.66. The van der Waals surface area contributed by atoms with Gasteiger partial charge < -0.3 is 19.1 Å². The first kappa shape index (κ1) is 17.7. The Hall–Kier alpha value is -1.38. The van der Waals surface area contributed by atoms with Crippen LogP contribution in [-0.4, -0.2) is 61.1 Å². The average molecular weight is 315 g/mol. The van der Waals surface area contributed by atoms with Crippen LogP contribution in [0.2, 0.25) is 0 Å². The van der Waals surface area contributed by atoms with Gasteiger partial charge in [0.2, 0.25) is 0 Å². The third-order valence-electron chi connectivity index (χ3n) is 3.86. The van der Waals surface area contributed by atoms with Gasteiger partial charge in [0.05, 0.1) is 27.2 Å². The summed E-state index contributed by atoms with van der Waals surface area (Å²) in [4.78, 5) is 21.5. The van der Waals surface area contributed by atoms with Gasteiger partial charge in [-0.25, -0.2) is 0 Å². The number of carboxylic acids is 1. The Bertz CT molecular complexity index is 437. The summed E-state index contributed by atoms with van der Waals surface area (Å²) in [7, 11) is 1.99. The molecule has 0 atom stereocenters. The zero-order valence-electron chi connectivity index (χ0n) is 11.9. The second kappa shape index (κ2) is 5.11. The highest BCUT2D eigenvalue weighted by atomic mass is 19.3. The lowest BCUT2D eigenvalue weighted by atomic mass is 10.1. The molecule has 1 fully saturated rings. The number of ether oxygens (including phenoxy) is 1. The predicted molar refractivity (Wildman–Crippen MR) is 60.5 cm³/mol. The molecular weight excluding hydrogens is 298 g/mol. The van der Waals surface area contributed by atoms with E-state index in [1.807, 2.05) is 0 Å². The van der Waals surface area contributed by atoms with Crippen molar-refractivity contribution in [3.05, 3.63) is 0 Å². The summed E-state index contributed by atoms with van der Waals surface area (Å²) in [5, 5.41) is 11.0. The number of nitrogens with zero attached hydrogens (tertiary/aromatic N) is 1. The van der Waals surface area contributed by atoms with E-state index in [0.29, 0.717) is 0 Å². The Balaban J connectivity index is 2.77. The van der Waals surface area contributed by atoms with E-state index in [4.69, 9.17) is 0 Å². The molecule has 0 heterocycles. The van der Waals surface area contributed by atoms with E-state index < -0.39 is 33.8 Å². The number of carboxylic acid groups (broad SMARTS) is 1. The minimum Gasteiger partial charge on any atom is -0.543 e. The van der Waals surface area contributed by atoms with Crippen molar-refractivity contribution in [2.45, 2.75) is 37.1 Å². The van der Waals surface area contributed by atoms with Crippen LogP contribution in [0.5, 0.6) is 0 Å². The lowest BCUT2D eigenvalue weighted by molar-refractivity contribution is -0.927. The van der Waals surface area contributed by atoms with Crippen molar-refractivity contribution in [3.63, 3.8) is 0 Å². The third kappa shape index (κ3) is 2.27. The van der Waals surface area contributed by atoms with Gasteiger partial charge in [-0.05, 0) is 12.8 Å². The van der Waals surface area contributed by atoms with E-state index in [1.165, 1.54) is 6.92 Å². The molecule has 0 spiro atoms. The van der Waals surface area contributed by atoms with Gasteiger partial charge in [-0.15, -0.1) is 0 Å². The predicted octanol–water partition coefficient (Wildman–Crippen LogP) is 0.179. The minimum atomic E-state index is -4.65. The molecule has 0 bridgehead atoms. The molecule has 0 unspecified atom stereocenters. The highest BCUT2D eigenvalue weighted by Crippen LogP contribution is 2.69. The van der Waals surface area contributed by atoms with Crippen LogP contribution < -0.4 is 5.11 Å². The van der Waals surface area contributed by atoms with Crippen LogP contribution in [0.15, 0.2) is 0 Å². The first-order valence-corrected chi connectivity index (χ1v) is 6.30. The zero-order chi connectivity index (χ0) is 16.7. The van der Waals surface area contributed by atoms with E-state index >= 15 is 0 Å². The van der Waals surface area contributed by atoms with E-state index in [9.17, 15) is 32.3 Å². The average Bonchev–Trinajstić information content (AvgIpc) is 2.64. The molecule has 1 aliphatic rings. The zero-order valence-corrected chi connectivity index (χ0v) is 11.9. The Morgan fingerprint density at radius 2 is 1.57 bits per heavy atom. The molecular formula is C12H17F4NO4. The summed E-state index contributed by atoms with van der Waals surface area (Å²) < 4.78 is 57.1. The minimum absolute atomic E-state index is 0.0143. The molecule has 0 aromatic rings. The Morgan fingerprint density at radius 3 is 1.90 bits per heavy atom. The molecule has 0 aromatic carbocycles.